The fourth-order valence-corrected chi connectivity index (χ4v) is 11.3. The van der Waals surface area contributed by atoms with E-state index in [0.29, 0.717) is 30.3 Å². The second-order valence-electron chi connectivity index (χ2n) is 21.2. The molecule has 0 bridgehead atoms. The Bertz CT molecular complexity index is 4740. The van der Waals surface area contributed by atoms with Gasteiger partial charge in [-0.2, -0.15) is 26.3 Å². The van der Waals surface area contributed by atoms with Crippen LogP contribution in [0.1, 0.15) is 107 Å². The van der Waals surface area contributed by atoms with Gasteiger partial charge < -0.3 is 29.2 Å². The van der Waals surface area contributed by atoms with Crippen molar-refractivity contribution in [3.05, 3.63) is 243 Å². The summed E-state index contributed by atoms with van der Waals surface area (Å²) in [4.78, 5) is 111. The van der Waals surface area contributed by atoms with Gasteiger partial charge in [0.25, 0.3) is 47.3 Å². The predicted octanol–water partition coefficient (Wildman–Crippen LogP) is 14.2. The molecule has 4 aliphatic heterocycles. The summed E-state index contributed by atoms with van der Waals surface area (Å²) in [5.74, 6) is -6.48. The number of fused-ring (bicyclic) bond motifs is 4. The number of hydrogen-bond donors (Lipinski definition) is 2. The number of hydrogen-bond acceptors (Lipinski definition) is 14. The van der Waals surface area contributed by atoms with Gasteiger partial charge in [-0.05, 0) is 151 Å². The SMILES string of the molecule is C.Cc1cc(C(c2ccc(O)c(N3C(=O)c4ccc(Oc5ccc6c(c5)C(=O)N(c5cccc(Oc7cccc(Oc8cccc(N9C(=O)c%10ccc(Oc%11ccc%12c(c%11)C(=O)N(C)C%12=O)cc%10C9=O)c8)c7)c5)C6=O)cc4C3=O)c2)(C(F)(F)F)C(F)(F)F)ccc1O. The number of alkyl halides is 6. The highest BCUT2D eigenvalue weighted by Crippen LogP contribution is 2.58. The Kier molecular flexibility index (Phi) is 14.3. The lowest BCUT2D eigenvalue weighted by molar-refractivity contribution is -0.288. The molecule has 0 radical (unpaired) electrons. The van der Waals surface area contributed by atoms with Gasteiger partial charge in [-0.15, -0.1) is 0 Å². The Morgan fingerprint density at radius 2 is 0.652 bits per heavy atom. The number of rotatable bonds is 13. The fraction of sp³-hybridized carbons (Fsp3) is 0.0882. The molecule has 4 heterocycles. The third kappa shape index (κ3) is 9.71. The Hall–Kier alpha value is -12.1. The molecule has 2 N–H and O–H groups in total. The van der Waals surface area contributed by atoms with E-state index in [1.54, 1.807) is 48.5 Å². The van der Waals surface area contributed by atoms with Crippen molar-refractivity contribution in [3.63, 3.8) is 0 Å². The lowest BCUT2D eigenvalue weighted by Crippen LogP contribution is -2.54. The first-order valence-corrected chi connectivity index (χ1v) is 27.1. The molecule has 0 saturated carbocycles. The van der Waals surface area contributed by atoms with Crippen molar-refractivity contribution in [2.24, 2.45) is 0 Å². The van der Waals surface area contributed by atoms with Gasteiger partial charge in [0.05, 0.1) is 61.6 Å². The molecule has 9 aromatic rings. The molecule has 4 aliphatic rings. The molecule has 0 fully saturated rings. The van der Waals surface area contributed by atoms with Gasteiger partial charge in [-0.3, -0.25) is 43.3 Å². The minimum absolute atomic E-state index is 0. The van der Waals surface area contributed by atoms with Crippen molar-refractivity contribution in [1.82, 2.24) is 4.90 Å². The van der Waals surface area contributed by atoms with Crippen LogP contribution in [0.2, 0.25) is 0 Å². The number of ether oxygens (including phenoxy) is 4. The topological polar surface area (TPSA) is 227 Å². The van der Waals surface area contributed by atoms with Gasteiger partial charge in [0.2, 0.25) is 5.41 Å². The van der Waals surface area contributed by atoms with Gasteiger partial charge in [-0.25, -0.2) is 14.7 Å². The minimum Gasteiger partial charge on any atom is -0.508 e. The first-order valence-electron chi connectivity index (χ1n) is 27.1. The average Bonchev–Trinajstić information content (AvgIpc) is 1.08. The highest BCUT2D eigenvalue weighted by atomic mass is 19.4. The number of aryl methyl sites for hydroxylation is 1. The number of phenolic OH excluding ortho intramolecular Hbond substituents is 2. The summed E-state index contributed by atoms with van der Waals surface area (Å²) in [6.07, 6.45) is -12.2. The lowest BCUT2D eigenvalue weighted by atomic mass is 9.72. The van der Waals surface area contributed by atoms with Gasteiger partial charge in [0.1, 0.15) is 57.5 Å². The van der Waals surface area contributed by atoms with Crippen LogP contribution in [-0.4, -0.2) is 81.8 Å². The lowest BCUT2D eigenvalue weighted by Gasteiger charge is -2.39. The maximum absolute atomic E-state index is 15.1. The second-order valence-corrected chi connectivity index (χ2v) is 21.2. The molecular weight excluding hydrogens is 1210 g/mol. The average molecular weight is 1250 g/mol. The largest absolute Gasteiger partial charge is 0.508 e. The maximum atomic E-state index is 15.1. The van der Waals surface area contributed by atoms with Crippen LogP contribution in [-0.2, 0) is 5.41 Å². The molecule has 8 amide bonds. The Morgan fingerprint density at radius 3 is 1.07 bits per heavy atom. The van der Waals surface area contributed by atoms with E-state index in [2.05, 4.69) is 0 Å². The van der Waals surface area contributed by atoms with E-state index in [1.165, 1.54) is 92.0 Å². The Labute approximate surface area is 515 Å². The fourth-order valence-electron chi connectivity index (χ4n) is 11.3. The minimum atomic E-state index is -6.10. The molecule has 0 atom stereocenters. The van der Waals surface area contributed by atoms with Gasteiger partial charge in [-0.1, -0.05) is 43.8 Å². The van der Waals surface area contributed by atoms with Crippen molar-refractivity contribution in [2.45, 2.75) is 32.1 Å². The number of amides is 8. The summed E-state index contributed by atoms with van der Waals surface area (Å²) >= 11 is 0. The van der Waals surface area contributed by atoms with Crippen LogP contribution in [0.3, 0.4) is 0 Å². The summed E-state index contributed by atoms with van der Waals surface area (Å²) in [5, 5.41) is 20.8. The van der Waals surface area contributed by atoms with Crippen molar-refractivity contribution in [2.75, 3.05) is 21.7 Å². The van der Waals surface area contributed by atoms with Crippen LogP contribution >= 0.6 is 0 Å². The van der Waals surface area contributed by atoms with Gasteiger partial charge >= 0.3 is 12.4 Å². The number of carbonyl (C=O) groups is 8. The molecule has 0 spiro atoms. The standard InChI is InChI=1S/C67H38F6N4O14.CH4/c1-33-24-34(12-22-55(33)78)65(66(68,69)70,67(71,72)73)35-13-23-56(79)54(25-35)77-61(84)49-21-17-45(32-53(49)64(77)87)91-44-16-20-48-52(31-44)63(86)76(60(48)83)37-7-4-9-39(27-37)89-41-11-5-10-40(28-41)88-38-8-3-6-36(26-38)75-59(82)47-19-15-43(30-51(47)62(75)85)90-42-14-18-46-50(29-42)58(81)74(2)57(46)80;/h3-32,78-79H,1-2H3;1H4. The maximum Gasteiger partial charge on any atom is 0.411 e. The molecular formula is C68H42F6N4O14. The van der Waals surface area contributed by atoms with Crippen LogP contribution in [0, 0.1) is 6.92 Å². The number of phenols is 2. The smallest absolute Gasteiger partial charge is 0.411 e. The third-order valence-electron chi connectivity index (χ3n) is 15.7. The van der Waals surface area contributed by atoms with Crippen LogP contribution in [0.25, 0.3) is 0 Å². The number of anilines is 3. The number of carbonyl (C=O) groups excluding carboxylic acids is 8. The van der Waals surface area contributed by atoms with E-state index in [4.69, 9.17) is 18.9 Å². The predicted molar refractivity (Wildman–Crippen MR) is 316 cm³/mol. The highest BCUT2D eigenvalue weighted by Gasteiger charge is 2.73. The zero-order valence-electron chi connectivity index (χ0n) is 46.7. The molecule has 0 unspecified atom stereocenters. The van der Waals surface area contributed by atoms with Crippen LogP contribution in [0.5, 0.6) is 57.5 Å². The van der Waals surface area contributed by atoms with Gasteiger partial charge in [0.15, 0.2) is 0 Å². The molecule has 460 valence electrons. The molecule has 0 saturated heterocycles. The summed E-state index contributed by atoms with van der Waals surface area (Å²) in [7, 11) is 1.37. The summed E-state index contributed by atoms with van der Waals surface area (Å²) in [5.41, 5.74) is -8.94. The quantitative estimate of drug-likeness (QED) is 0.0809. The van der Waals surface area contributed by atoms with E-state index >= 15 is 26.3 Å². The first-order chi connectivity index (χ1) is 43.3. The van der Waals surface area contributed by atoms with Crippen molar-refractivity contribution >= 4 is 64.3 Å². The summed E-state index contributed by atoms with van der Waals surface area (Å²) < 4.78 is 115. The van der Waals surface area contributed by atoms with E-state index in [0.717, 1.165) is 33.8 Å². The second kappa shape index (κ2) is 21.9. The monoisotopic (exact) mass is 1250 g/mol. The van der Waals surface area contributed by atoms with E-state index in [9.17, 15) is 48.6 Å². The van der Waals surface area contributed by atoms with Crippen LogP contribution < -0.4 is 33.6 Å². The summed E-state index contributed by atoms with van der Waals surface area (Å²) in [6.45, 7) is 1.09. The van der Waals surface area contributed by atoms with Crippen molar-refractivity contribution in [1.29, 1.82) is 0 Å². The highest BCUT2D eigenvalue weighted by molar-refractivity contribution is 6.36. The van der Waals surface area contributed by atoms with Gasteiger partial charge in [0, 0.05) is 25.2 Å². The van der Waals surface area contributed by atoms with Crippen molar-refractivity contribution in [3.8, 4) is 57.5 Å². The molecule has 9 aromatic carbocycles. The molecule has 24 heteroatoms. The number of imide groups is 4. The normalized spacial score (nSPS) is 14.4. The van der Waals surface area contributed by atoms with Crippen LogP contribution in [0.15, 0.2) is 182 Å². The third-order valence-corrected chi connectivity index (χ3v) is 15.7. The number of halogens is 6. The van der Waals surface area contributed by atoms with Crippen molar-refractivity contribution < 1.29 is 93.9 Å². The molecule has 0 aromatic heterocycles. The number of benzene rings is 9. The molecule has 92 heavy (non-hydrogen) atoms. The molecule has 18 nitrogen and oxygen atoms in total. The first kappa shape index (κ1) is 60.2. The summed E-state index contributed by atoms with van der Waals surface area (Å²) in [6, 6.07) is 37.5. The Morgan fingerprint density at radius 1 is 0.337 bits per heavy atom. The van der Waals surface area contributed by atoms with E-state index in [-0.39, 0.29) is 120 Å². The zero-order valence-corrected chi connectivity index (χ0v) is 46.7. The Balaban J connectivity index is 0.00000816. The number of aromatic hydroxyl groups is 2. The van der Waals surface area contributed by atoms with E-state index in [1.807, 2.05) is 0 Å². The number of nitrogens with zero attached hydrogens (tertiary/aromatic N) is 4. The molecule has 13 rings (SSSR count). The van der Waals surface area contributed by atoms with Crippen LogP contribution in [0.4, 0.5) is 43.4 Å². The van der Waals surface area contributed by atoms with E-state index < -0.39 is 98.9 Å². The zero-order chi connectivity index (χ0) is 64.3. The molecule has 0 aliphatic carbocycles.